The zero-order valence-corrected chi connectivity index (χ0v) is 19.4. The number of hydrogen-bond acceptors (Lipinski definition) is 6. The molecule has 0 aliphatic heterocycles. The molecular formula is C24H25N3O5S. The summed E-state index contributed by atoms with van der Waals surface area (Å²) in [5.74, 6) is 0.718. The van der Waals surface area contributed by atoms with Crippen LogP contribution in [0.3, 0.4) is 0 Å². The molecule has 3 aromatic rings. The van der Waals surface area contributed by atoms with Crippen LogP contribution in [0.2, 0.25) is 0 Å². The summed E-state index contributed by atoms with van der Waals surface area (Å²) in [5, 5.41) is 3.97. The predicted molar refractivity (Wildman–Crippen MR) is 129 cm³/mol. The number of nitrogens with one attached hydrogen (secondary N) is 1. The molecule has 0 spiro atoms. The number of nitrogens with zero attached hydrogens (tertiary/aromatic N) is 2. The molecular weight excluding hydrogens is 442 g/mol. The molecule has 9 heteroatoms. The van der Waals surface area contributed by atoms with E-state index >= 15 is 0 Å². The Bertz CT molecular complexity index is 1230. The van der Waals surface area contributed by atoms with E-state index in [2.05, 4.69) is 10.5 Å². The molecule has 172 valence electrons. The minimum atomic E-state index is -3.51. The summed E-state index contributed by atoms with van der Waals surface area (Å²) < 4.78 is 36.4. The smallest absolute Gasteiger partial charge is 0.271 e. The van der Waals surface area contributed by atoms with Crippen LogP contribution in [0.4, 0.5) is 5.69 Å². The van der Waals surface area contributed by atoms with Crippen molar-refractivity contribution in [1.29, 1.82) is 0 Å². The molecule has 1 amide bonds. The van der Waals surface area contributed by atoms with Crippen LogP contribution in [0.1, 0.15) is 21.5 Å². The van der Waals surface area contributed by atoms with Gasteiger partial charge >= 0.3 is 0 Å². The van der Waals surface area contributed by atoms with Crippen LogP contribution < -0.4 is 19.2 Å². The van der Waals surface area contributed by atoms with E-state index in [-0.39, 0.29) is 6.54 Å². The van der Waals surface area contributed by atoms with Crippen molar-refractivity contribution in [1.82, 2.24) is 5.43 Å². The van der Waals surface area contributed by atoms with Crippen molar-refractivity contribution in [3.05, 3.63) is 89.5 Å². The van der Waals surface area contributed by atoms with Gasteiger partial charge in [-0.2, -0.15) is 5.10 Å². The fraction of sp³-hybridized carbons (Fsp3) is 0.167. The second kappa shape index (κ2) is 10.6. The van der Waals surface area contributed by atoms with Crippen molar-refractivity contribution < 1.29 is 22.7 Å². The van der Waals surface area contributed by atoms with Gasteiger partial charge in [0.15, 0.2) is 11.5 Å². The molecule has 8 nitrogen and oxygen atoms in total. The lowest BCUT2D eigenvalue weighted by molar-refractivity contribution is 0.0955. The zero-order valence-electron chi connectivity index (χ0n) is 18.6. The minimum absolute atomic E-state index is 0.195. The Hall–Kier alpha value is -3.85. The molecule has 0 aromatic heterocycles. The molecule has 0 aliphatic carbocycles. The van der Waals surface area contributed by atoms with Crippen molar-refractivity contribution in [2.24, 2.45) is 5.10 Å². The van der Waals surface area contributed by atoms with Gasteiger partial charge in [-0.05, 0) is 53.6 Å². The number of anilines is 1. The highest BCUT2D eigenvalue weighted by Crippen LogP contribution is 2.27. The van der Waals surface area contributed by atoms with Gasteiger partial charge in [0.1, 0.15) is 0 Å². The molecule has 0 atom stereocenters. The lowest BCUT2D eigenvalue weighted by Crippen LogP contribution is -2.29. The minimum Gasteiger partial charge on any atom is -0.493 e. The number of benzene rings is 3. The predicted octanol–water partition coefficient (Wildman–Crippen LogP) is 3.43. The number of sulfonamides is 1. The molecule has 0 fully saturated rings. The van der Waals surface area contributed by atoms with E-state index in [1.54, 1.807) is 49.6 Å². The molecule has 0 saturated carbocycles. The first-order chi connectivity index (χ1) is 15.8. The number of ether oxygens (including phenoxy) is 2. The third-order valence-electron chi connectivity index (χ3n) is 4.77. The van der Waals surface area contributed by atoms with Crippen LogP contribution in [-0.2, 0) is 16.6 Å². The van der Waals surface area contributed by atoms with E-state index in [1.165, 1.54) is 17.6 Å². The second-order valence-electron chi connectivity index (χ2n) is 7.12. The van der Waals surface area contributed by atoms with Crippen LogP contribution in [-0.4, -0.2) is 41.0 Å². The molecule has 0 saturated heterocycles. The van der Waals surface area contributed by atoms with Crippen LogP contribution in [0.15, 0.2) is 77.9 Å². The third kappa shape index (κ3) is 6.33. The van der Waals surface area contributed by atoms with Gasteiger partial charge < -0.3 is 9.47 Å². The van der Waals surface area contributed by atoms with Gasteiger partial charge in [-0.3, -0.25) is 9.10 Å². The first-order valence-electron chi connectivity index (χ1n) is 9.99. The van der Waals surface area contributed by atoms with Gasteiger partial charge in [0, 0.05) is 5.56 Å². The Balaban J connectivity index is 1.69. The topological polar surface area (TPSA) is 97.3 Å². The average Bonchev–Trinajstić information content (AvgIpc) is 2.82. The van der Waals surface area contributed by atoms with Gasteiger partial charge in [0.2, 0.25) is 10.0 Å². The number of amides is 1. The molecule has 1 N–H and O–H groups in total. The molecule has 33 heavy (non-hydrogen) atoms. The Morgan fingerprint density at radius 2 is 1.64 bits per heavy atom. The number of hydrogen-bond donors (Lipinski definition) is 1. The van der Waals surface area contributed by atoms with Crippen molar-refractivity contribution in [2.45, 2.75) is 6.54 Å². The van der Waals surface area contributed by atoms with E-state index in [9.17, 15) is 13.2 Å². The molecule has 0 radical (unpaired) electrons. The molecule has 3 rings (SSSR count). The number of methoxy groups -OCH3 is 2. The van der Waals surface area contributed by atoms with Gasteiger partial charge in [0.25, 0.3) is 5.91 Å². The van der Waals surface area contributed by atoms with Gasteiger partial charge in [-0.25, -0.2) is 13.8 Å². The summed E-state index contributed by atoms with van der Waals surface area (Å²) in [6.45, 7) is 0.195. The van der Waals surface area contributed by atoms with Gasteiger partial charge in [0.05, 0.1) is 38.9 Å². The number of carbonyl (C=O) groups is 1. The summed E-state index contributed by atoms with van der Waals surface area (Å²) in [6, 6.07) is 20.8. The number of rotatable bonds is 9. The SMILES string of the molecule is COc1ccc(/C=N\NC(=O)c2ccc(N(Cc3ccccc3)S(C)(=O)=O)cc2)cc1OC. The Kier molecular flexibility index (Phi) is 7.68. The van der Waals surface area contributed by atoms with Crippen molar-refractivity contribution in [2.75, 3.05) is 24.8 Å². The van der Waals surface area contributed by atoms with Gasteiger partial charge in [-0.15, -0.1) is 0 Å². The average molecular weight is 468 g/mol. The van der Waals surface area contributed by atoms with Crippen molar-refractivity contribution in [3.63, 3.8) is 0 Å². The zero-order chi connectivity index (χ0) is 23.8. The summed E-state index contributed by atoms with van der Waals surface area (Å²) in [4.78, 5) is 12.4. The molecule has 0 aliphatic rings. The first kappa shape index (κ1) is 23.8. The van der Waals surface area contributed by atoms with E-state index in [1.807, 2.05) is 30.3 Å². The Labute approximate surface area is 193 Å². The van der Waals surface area contributed by atoms with Crippen molar-refractivity contribution >= 4 is 27.8 Å². The summed E-state index contributed by atoms with van der Waals surface area (Å²) >= 11 is 0. The fourth-order valence-electron chi connectivity index (χ4n) is 3.09. The van der Waals surface area contributed by atoms with E-state index < -0.39 is 15.9 Å². The maximum atomic E-state index is 12.4. The highest BCUT2D eigenvalue weighted by atomic mass is 32.2. The number of carbonyl (C=O) groups excluding carboxylic acids is 1. The highest BCUT2D eigenvalue weighted by molar-refractivity contribution is 7.92. The molecule has 0 bridgehead atoms. The Morgan fingerprint density at radius 3 is 2.24 bits per heavy atom. The fourth-order valence-corrected chi connectivity index (χ4v) is 3.98. The number of hydrazone groups is 1. The normalized spacial score (nSPS) is 11.2. The van der Waals surface area contributed by atoms with Crippen LogP contribution >= 0.6 is 0 Å². The van der Waals surface area contributed by atoms with Gasteiger partial charge in [-0.1, -0.05) is 30.3 Å². The quantitative estimate of drug-likeness (QED) is 0.384. The summed E-state index contributed by atoms with van der Waals surface area (Å²) in [5.41, 5.74) is 4.84. The van der Waals surface area contributed by atoms with Crippen LogP contribution in [0.5, 0.6) is 11.5 Å². The standard InChI is InChI=1S/C24H25N3O5S/c1-31-22-14-9-19(15-23(22)32-2)16-25-26-24(28)20-10-12-21(13-11-20)27(33(3,29)30)17-18-7-5-4-6-8-18/h4-16H,17H2,1-3H3,(H,26,28)/b25-16-. The monoisotopic (exact) mass is 467 g/mol. The lowest BCUT2D eigenvalue weighted by atomic mass is 10.2. The van der Waals surface area contributed by atoms with E-state index in [4.69, 9.17) is 9.47 Å². The Morgan fingerprint density at radius 1 is 0.970 bits per heavy atom. The van der Waals surface area contributed by atoms with E-state index in [0.717, 1.165) is 11.8 Å². The highest BCUT2D eigenvalue weighted by Gasteiger charge is 2.18. The molecule has 3 aromatic carbocycles. The molecule has 0 heterocycles. The maximum absolute atomic E-state index is 12.4. The third-order valence-corrected chi connectivity index (χ3v) is 5.91. The molecule has 0 unspecified atom stereocenters. The van der Waals surface area contributed by atoms with Crippen molar-refractivity contribution in [3.8, 4) is 11.5 Å². The van der Waals surface area contributed by atoms with Crippen LogP contribution in [0, 0.1) is 0 Å². The van der Waals surface area contributed by atoms with Crippen LogP contribution in [0.25, 0.3) is 0 Å². The lowest BCUT2D eigenvalue weighted by Gasteiger charge is -2.22. The first-order valence-corrected chi connectivity index (χ1v) is 11.8. The summed E-state index contributed by atoms with van der Waals surface area (Å²) in [7, 11) is -0.429. The second-order valence-corrected chi connectivity index (χ2v) is 9.02. The summed E-state index contributed by atoms with van der Waals surface area (Å²) in [6.07, 6.45) is 2.64. The van der Waals surface area contributed by atoms with E-state index in [0.29, 0.717) is 28.3 Å². The largest absolute Gasteiger partial charge is 0.493 e. The maximum Gasteiger partial charge on any atom is 0.271 e.